The van der Waals surface area contributed by atoms with Gasteiger partial charge < -0.3 is 24.4 Å². The Morgan fingerprint density at radius 1 is 0.925 bits per heavy atom. The Morgan fingerprint density at radius 2 is 1.65 bits per heavy atom. The van der Waals surface area contributed by atoms with Crippen LogP contribution in [0.4, 0.5) is 5.69 Å². The van der Waals surface area contributed by atoms with E-state index in [2.05, 4.69) is 5.32 Å². The van der Waals surface area contributed by atoms with Gasteiger partial charge >= 0.3 is 5.97 Å². The van der Waals surface area contributed by atoms with Gasteiger partial charge in [0.15, 0.2) is 17.3 Å². The molecule has 0 aromatic heterocycles. The molecule has 11 heteroatoms. The number of ether oxygens (including phenoxy) is 3. The van der Waals surface area contributed by atoms with Gasteiger partial charge in [-0.05, 0) is 37.1 Å². The van der Waals surface area contributed by atoms with E-state index in [4.69, 9.17) is 14.2 Å². The molecule has 0 spiro atoms. The smallest absolute Gasteiger partial charge is 0.328 e. The third-order valence-electron chi connectivity index (χ3n) is 6.72. The molecule has 1 saturated heterocycles. The molecular formula is C29H30N2O8S. The van der Waals surface area contributed by atoms with Gasteiger partial charge in [0.25, 0.3) is 0 Å². The number of likely N-dealkylation sites (tertiary alicyclic amines) is 1. The maximum atomic E-state index is 13.9. The van der Waals surface area contributed by atoms with Crippen molar-refractivity contribution in [2.24, 2.45) is 0 Å². The lowest BCUT2D eigenvalue weighted by atomic mass is 10.0. The predicted molar refractivity (Wildman–Crippen MR) is 147 cm³/mol. The fraction of sp³-hybridized carbons (Fsp3) is 0.276. The molecule has 210 valence electrons. The van der Waals surface area contributed by atoms with Crippen LogP contribution in [-0.4, -0.2) is 71.4 Å². The number of ketones is 1. The van der Waals surface area contributed by atoms with E-state index in [1.54, 1.807) is 30.3 Å². The summed E-state index contributed by atoms with van der Waals surface area (Å²) in [4.78, 5) is 40.0. The molecule has 1 atom stereocenters. The minimum Gasteiger partial charge on any atom is -0.493 e. The summed E-state index contributed by atoms with van der Waals surface area (Å²) < 4.78 is 43.2. The van der Waals surface area contributed by atoms with E-state index in [-0.39, 0.29) is 33.3 Å². The number of sulfone groups is 1. The highest BCUT2D eigenvalue weighted by molar-refractivity contribution is 7.91. The van der Waals surface area contributed by atoms with Crippen molar-refractivity contribution < 1.29 is 37.0 Å². The first-order chi connectivity index (χ1) is 19.2. The van der Waals surface area contributed by atoms with E-state index in [0.29, 0.717) is 30.7 Å². The van der Waals surface area contributed by atoms with Gasteiger partial charge in [0.05, 0.1) is 43.4 Å². The first kappa shape index (κ1) is 28.6. The van der Waals surface area contributed by atoms with Crippen molar-refractivity contribution in [3.63, 3.8) is 0 Å². The first-order valence-electron chi connectivity index (χ1n) is 12.5. The highest BCUT2D eigenvalue weighted by Crippen LogP contribution is 2.36. The molecule has 4 rings (SSSR count). The number of hydrogen-bond acceptors (Lipinski definition) is 9. The Morgan fingerprint density at radius 3 is 2.33 bits per heavy atom. The number of esters is 1. The van der Waals surface area contributed by atoms with E-state index in [0.717, 1.165) is 0 Å². The third-order valence-corrected chi connectivity index (χ3v) is 8.52. The monoisotopic (exact) mass is 566 g/mol. The quantitative estimate of drug-likeness (QED) is 0.290. The van der Waals surface area contributed by atoms with Gasteiger partial charge in [0.2, 0.25) is 15.7 Å². The molecule has 0 aliphatic carbocycles. The number of carbonyl (C=O) groups is 3. The fourth-order valence-electron chi connectivity index (χ4n) is 4.69. The minimum absolute atomic E-state index is 0.0201. The topological polar surface area (TPSA) is 128 Å². The SMILES string of the molecule is COC(=O)[C@H]1CCCN1C(=O)CNc1c(C(=O)c2ccccc2)cccc1S(=O)(=O)c1ccc(OC)c(OC)c1. The van der Waals surface area contributed by atoms with Crippen LogP contribution in [0.1, 0.15) is 28.8 Å². The van der Waals surface area contributed by atoms with Crippen molar-refractivity contribution in [3.8, 4) is 11.5 Å². The summed E-state index contributed by atoms with van der Waals surface area (Å²) in [6.45, 7) is 0.0166. The summed E-state index contributed by atoms with van der Waals surface area (Å²) in [7, 11) is -0.113. The standard InChI is InChI=1S/C29H30N2O8S/c1-37-23-15-14-20(17-24(23)38-2)40(35,36)25-13-7-11-21(28(33)19-9-5-4-6-10-19)27(25)30-18-26(32)31-16-8-12-22(31)29(34)39-3/h4-7,9-11,13-15,17,22,30H,8,12,16,18H2,1-3H3/t22-/m1/s1. The van der Waals surface area contributed by atoms with Crippen LogP contribution in [0.2, 0.25) is 0 Å². The number of amides is 1. The van der Waals surface area contributed by atoms with E-state index in [1.807, 2.05) is 0 Å². The van der Waals surface area contributed by atoms with Gasteiger partial charge in [-0.1, -0.05) is 36.4 Å². The maximum Gasteiger partial charge on any atom is 0.328 e. The minimum atomic E-state index is -4.21. The summed E-state index contributed by atoms with van der Waals surface area (Å²) in [6, 6.07) is 16.2. The zero-order valence-corrected chi connectivity index (χ0v) is 23.2. The zero-order chi connectivity index (χ0) is 28.9. The third kappa shape index (κ3) is 5.64. The lowest BCUT2D eigenvalue weighted by molar-refractivity contribution is -0.150. The summed E-state index contributed by atoms with van der Waals surface area (Å²) in [5.41, 5.74) is 0.405. The van der Waals surface area contributed by atoms with Crippen LogP contribution >= 0.6 is 0 Å². The Bertz CT molecular complexity index is 1520. The summed E-state index contributed by atoms with van der Waals surface area (Å²) >= 11 is 0. The second-order valence-corrected chi connectivity index (χ2v) is 10.9. The highest BCUT2D eigenvalue weighted by Gasteiger charge is 2.35. The molecule has 0 saturated carbocycles. The number of nitrogens with one attached hydrogen (secondary N) is 1. The molecule has 1 heterocycles. The number of nitrogens with zero attached hydrogens (tertiary/aromatic N) is 1. The van der Waals surface area contributed by atoms with Crippen LogP contribution in [0.25, 0.3) is 0 Å². The van der Waals surface area contributed by atoms with E-state index < -0.39 is 33.5 Å². The Hall–Kier alpha value is -4.38. The molecular weight excluding hydrogens is 536 g/mol. The molecule has 0 radical (unpaired) electrons. The van der Waals surface area contributed by atoms with Crippen LogP contribution in [0.3, 0.4) is 0 Å². The molecule has 1 fully saturated rings. The second kappa shape index (κ2) is 12.2. The van der Waals surface area contributed by atoms with Gasteiger partial charge in [-0.25, -0.2) is 13.2 Å². The van der Waals surface area contributed by atoms with Gasteiger partial charge in [-0.3, -0.25) is 9.59 Å². The maximum absolute atomic E-state index is 13.9. The molecule has 40 heavy (non-hydrogen) atoms. The molecule has 0 bridgehead atoms. The molecule has 1 aliphatic rings. The van der Waals surface area contributed by atoms with Crippen molar-refractivity contribution in [1.29, 1.82) is 0 Å². The van der Waals surface area contributed by atoms with Crippen LogP contribution in [0.5, 0.6) is 11.5 Å². The van der Waals surface area contributed by atoms with Gasteiger partial charge in [-0.2, -0.15) is 0 Å². The number of benzene rings is 3. The Balaban J connectivity index is 1.77. The van der Waals surface area contributed by atoms with Gasteiger partial charge in [0, 0.05) is 23.7 Å². The van der Waals surface area contributed by atoms with Crippen molar-refractivity contribution >= 4 is 33.2 Å². The van der Waals surface area contributed by atoms with Crippen LogP contribution in [0.15, 0.2) is 76.5 Å². The van der Waals surface area contributed by atoms with Crippen molar-refractivity contribution in [3.05, 3.63) is 77.9 Å². The number of methoxy groups -OCH3 is 3. The molecule has 1 amide bonds. The van der Waals surface area contributed by atoms with Gasteiger partial charge in [0.1, 0.15) is 6.04 Å². The van der Waals surface area contributed by atoms with E-state index in [1.165, 1.54) is 62.6 Å². The lowest BCUT2D eigenvalue weighted by Gasteiger charge is -2.24. The van der Waals surface area contributed by atoms with Crippen LogP contribution < -0.4 is 14.8 Å². The second-order valence-electron chi connectivity index (χ2n) is 9.02. The lowest BCUT2D eigenvalue weighted by Crippen LogP contribution is -2.43. The summed E-state index contributed by atoms with van der Waals surface area (Å²) in [6.07, 6.45) is 1.11. The number of hydrogen-bond donors (Lipinski definition) is 1. The number of rotatable bonds is 10. The largest absolute Gasteiger partial charge is 0.493 e. The van der Waals surface area contributed by atoms with Crippen molar-refractivity contribution in [1.82, 2.24) is 4.90 Å². The van der Waals surface area contributed by atoms with Gasteiger partial charge in [-0.15, -0.1) is 0 Å². The summed E-state index contributed by atoms with van der Waals surface area (Å²) in [5.74, 6) is -0.795. The van der Waals surface area contributed by atoms with Crippen LogP contribution in [0, 0.1) is 0 Å². The first-order valence-corrected chi connectivity index (χ1v) is 14.0. The van der Waals surface area contributed by atoms with Crippen molar-refractivity contribution in [2.75, 3.05) is 39.7 Å². The number of anilines is 1. The number of carbonyl (C=O) groups excluding carboxylic acids is 3. The van der Waals surface area contributed by atoms with E-state index in [9.17, 15) is 22.8 Å². The molecule has 10 nitrogen and oxygen atoms in total. The summed E-state index contributed by atoms with van der Waals surface area (Å²) in [5, 5.41) is 2.91. The average molecular weight is 567 g/mol. The molecule has 3 aromatic carbocycles. The Labute approximate surface area is 232 Å². The normalized spacial score (nSPS) is 14.9. The van der Waals surface area contributed by atoms with E-state index >= 15 is 0 Å². The van der Waals surface area contributed by atoms with Crippen molar-refractivity contribution in [2.45, 2.75) is 28.7 Å². The molecule has 1 N–H and O–H groups in total. The number of para-hydroxylation sites is 1. The molecule has 0 unspecified atom stereocenters. The highest BCUT2D eigenvalue weighted by atomic mass is 32.2. The zero-order valence-electron chi connectivity index (χ0n) is 22.4. The predicted octanol–water partition coefficient (Wildman–Crippen LogP) is 3.34. The fourth-order valence-corrected chi connectivity index (χ4v) is 6.17. The average Bonchev–Trinajstić information content (AvgIpc) is 3.49. The molecule has 1 aliphatic heterocycles. The van der Waals surface area contributed by atoms with Crippen LogP contribution in [-0.2, 0) is 24.2 Å². The Kier molecular flexibility index (Phi) is 8.73. The molecule has 3 aromatic rings.